The van der Waals surface area contributed by atoms with Gasteiger partial charge in [-0.15, -0.1) is 11.3 Å². The number of carbonyl (C=O) groups is 2. The largest absolute Gasteiger partial charge is 0.451 e. The third-order valence-electron chi connectivity index (χ3n) is 4.94. The predicted molar refractivity (Wildman–Crippen MR) is 126 cm³/mol. The maximum Gasteiger partial charge on any atom is 0.292 e. The van der Waals surface area contributed by atoms with Crippen molar-refractivity contribution < 1.29 is 14.0 Å². The summed E-state index contributed by atoms with van der Waals surface area (Å²) in [6, 6.07) is 13.2. The van der Waals surface area contributed by atoms with Gasteiger partial charge in [-0.05, 0) is 30.5 Å². The Morgan fingerprint density at radius 1 is 1.12 bits per heavy atom. The Kier molecular flexibility index (Phi) is 4.91. The summed E-state index contributed by atoms with van der Waals surface area (Å²) >= 11 is 1.46. The molecule has 0 fully saturated rings. The number of amides is 2. The Morgan fingerprint density at radius 2 is 1.94 bits per heavy atom. The predicted octanol–water partition coefficient (Wildman–Crippen LogP) is 3.73. The van der Waals surface area contributed by atoms with Crippen LogP contribution in [0.4, 0.5) is 5.82 Å². The third-order valence-corrected chi connectivity index (χ3v) is 5.83. The van der Waals surface area contributed by atoms with Crippen LogP contribution in [0, 0.1) is 0 Å². The number of hydrogen-bond donors (Lipinski definition) is 1. The Bertz CT molecular complexity index is 1570. The van der Waals surface area contributed by atoms with E-state index in [0.29, 0.717) is 22.4 Å². The number of anilines is 1. The van der Waals surface area contributed by atoms with Crippen LogP contribution in [0.2, 0.25) is 0 Å². The van der Waals surface area contributed by atoms with E-state index < -0.39 is 11.8 Å². The molecule has 2 amide bonds. The molecule has 4 heterocycles. The van der Waals surface area contributed by atoms with Gasteiger partial charge < -0.3 is 9.73 Å². The van der Waals surface area contributed by atoms with Crippen LogP contribution in [-0.4, -0.2) is 33.3 Å². The SMILES string of the molecule is C=C1C(=O)N=C(n2nc(-c3cccs3)cc2NC(=O)c2cc(=O)c3ccccc3o2)N=C1C. The van der Waals surface area contributed by atoms with Crippen molar-refractivity contribution in [3.05, 3.63) is 82.0 Å². The van der Waals surface area contributed by atoms with Gasteiger partial charge in [0.05, 0.1) is 21.5 Å². The van der Waals surface area contributed by atoms with E-state index in [-0.39, 0.29) is 28.5 Å². The zero-order valence-corrected chi connectivity index (χ0v) is 18.0. The standard InChI is InChI=1S/C23H15N5O4S/c1-12-13(2)24-23(26-21(12)30)28-20(10-15(27-28)19-8-5-9-33-19)25-22(31)18-11-16(29)14-6-3-4-7-17(14)32-18/h3-11H,1H2,2H3,(H,25,31). The van der Waals surface area contributed by atoms with E-state index in [0.717, 1.165) is 10.9 Å². The van der Waals surface area contributed by atoms with Gasteiger partial charge in [-0.3, -0.25) is 14.4 Å². The van der Waals surface area contributed by atoms with Gasteiger partial charge in [-0.25, -0.2) is 4.99 Å². The van der Waals surface area contributed by atoms with Crippen molar-refractivity contribution in [2.75, 3.05) is 5.32 Å². The Hall–Kier alpha value is -4.44. The van der Waals surface area contributed by atoms with Crippen molar-refractivity contribution in [1.82, 2.24) is 9.78 Å². The molecule has 0 bridgehead atoms. The van der Waals surface area contributed by atoms with Gasteiger partial charge in [0.1, 0.15) is 17.1 Å². The number of aromatic nitrogens is 2. The number of carbonyl (C=O) groups excluding carboxylic acids is 2. The Morgan fingerprint density at radius 3 is 2.70 bits per heavy atom. The van der Waals surface area contributed by atoms with Crippen LogP contribution in [0.5, 0.6) is 0 Å². The third kappa shape index (κ3) is 3.72. The first kappa shape index (κ1) is 20.5. The fraction of sp³-hybridized carbons (Fsp3) is 0.0435. The van der Waals surface area contributed by atoms with E-state index in [2.05, 4.69) is 27.0 Å². The molecule has 1 aromatic carbocycles. The molecule has 0 unspecified atom stereocenters. The zero-order valence-electron chi connectivity index (χ0n) is 17.2. The molecule has 0 saturated heterocycles. The molecule has 4 aromatic rings. The number of hydrogen-bond acceptors (Lipinski definition) is 7. The summed E-state index contributed by atoms with van der Waals surface area (Å²) in [7, 11) is 0. The first-order valence-corrected chi connectivity index (χ1v) is 10.6. The summed E-state index contributed by atoms with van der Waals surface area (Å²) in [5.41, 5.74) is 1.09. The summed E-state index contributed by atoms with van der Waals surface area (Å²) in [5.74, 6) is -1.18. The average Bonchev–Trinajstić information content (AvgIpc) is 3.47. The molecule has 1 aliphatic heterocycles. The van der Waals surface area contributed by atoms with Gasteiger partial charge in [-0.2, -0.15) is 14.8 Å². The van der Waals surface area contributed by atoms with E-state index in [9.17, 15) is 14.4 Å². The smallest absolute Gasteiger partial charge is 0.292 e. The van der Waals surface area contributed by atoms with E-state index in [4.69, 9.17) is 4.42 Å². The molecule has 1 N–H and O–H groups in total. The molecule has 0 saturated carbocycles. The number of para-hydroxylation sites is 1. The van der Waals surface area contributed by atoms with Gasteiger partial charge >= 0.3 is 0 Å². The number of nitrogens with zero attached hydrogens (tertiary/aromatic N) is 4. The van der Waals surface area contributed by atoms with Gasteiger partial charge in [0, 0.05) is 12.1 Å². The second-order valence-electron chi connectivity index (χ2n) is 7.12. The van der Waals surface area contributed by atoms with Crippen molar-refractivity contribution in [2.24, 2.45) is 9.98 Å². The van der Waals surface area contributed by atoms with Crippen LogP contribution in [0.3, 0.4) is 0 Å². The minimum Gasteiger partial charge on any atom is -0.451 e. The van der Waals surface area contributed by atoms with Crippen molar-refractivity contribution in [3.8, 4) is 10.6 Å². The lowest BCUT2D eigenvalue weighted by Crippen LogP contribution is -2.25. The number of rotatable bonds is 3. The molecule has 0 aliphatic carbocycles. The molecule has 1 aliphatic rings. The Labute approximate surface area is 190 Å². The second-order valence-corrected chi connectivity index (χ2v) is 8.07. The lowest BCUT2D eigenvalue weighted by molar-refractivity contribution is -0.113. The van der Waals surface area contributed by atoms with Gasteiger partial charge in [0.2, 0.25) is 0 Å². The van der Waals surface area contributed by atoms with Crippen LogP contribution in [0.1, 0.15) is 17.5 Å². The summed E-state index contributed by atoms with van der Waals surface area (Å²) < 4.78 is 6.89. The molecular weight excluding hydrogens is 442 g/mol. The molecule has 0 spiro atoms. The van der Waals surface area contributed by atoms with Crippen LogP contribution in [0.15, 0.2) is 85.3 Å². The van der Waals surface area contributed by atoms with Crippen molar-refractivity contribution in [2.45, 2.75) is 6.92 Å². The number of aliphatic imine (C=N–C) groups is 2. The van der Waals surface area contributed by atoms with Gasteiger partial charge in [0.25, 0.3) is 17.8 Å². The summed E-state index contributed by atoms with van der Waals surface area (Å²) in [6.07, 6.45) is 0. The number of thiophene rings is 1. The quantitative estimate of drug-likeness (QED) is 0.470. The normalized spacial score (nSPS) is 13.7. The highest BCUT2D eigenvalue weighted by atomic mass is 32.1. The minimum absolute atomic E-state index is 0.0111. The zero-order chi connectivity index (χ0) is 23.1. The lowest BCUT2D eigenvalue weighted by Gasteiger charge is -2.12. The van der Waals surface area contributed by atoms with Crippen LogP contribution < -0.4 is 10.7 Å². The molecule has 10 heteroatoms. The molecule has 33 heavy (non-hydrogen) atoms. The number of nitrogens with one attached hydrogen (secondary N) is 1. The second kappa shape index (κ2) is 7.92. The Balaban J connectivity index is 1.57. The molecule has 5 rings (SSSR count). The number of fused-ring (bicyclic) bond motifs is 1. The van der Waals surface area contributed by atoms with E-state index in [1.807, 2.05) is 17.5 Å². The highest BCUT2D eigenvalue weighted by molar-refractivity contribution is 7.13. The van der Waals surface area contributed by atoms with Crippen LogP contribution >= 0.6 is 11.3 Å². The molecule has 3 aromatic heterocycles. The molecule has 0 atom stereocenters. The maximum atomic E-state index is 13.0. The van der Waals surface area contributed by atoms with Crippen molar-refractivity contribution in [1.29, 1.82) is 0 Å². The fourth-order valence-corrected chi connectivity index (χ4v) is 3.89. The first-order chi connectivity index (χ1) is 15.9. The van der Waals surface area contributed by atoms with E-state index in [1.54, 1.807) is 37.3 Å². The van der Waals surface area contributed by atoms with Crippen molar-refractivity contribution >= 4 is 51.6 Å². The monoisotopic (exact) mass is 457 g/mol. The fourth-order valence-electron chi connectivity index (χ4n) is 3.21. The molecular formula is C23H15N5O4S. The molecule has 0 radical (unpaired) electrons. The summed E-state index contributed by atoms with van der Waals surface area (Å²) in [6.45, 7) is 5.31. The summed E-state index contributed by atoms with van der Waals surface area (Å²) in [5, 5.41) is 9.44. The van der Waals surface area contributed by atoms with Gasteiger partial charge in [0.15, 0.2) is 11.2 Å². The average molecular weight is 457 g/mol. The van der Waals surface area contributed by atoms with Crippen molar-refractivity contribution in [3.63, 3.8) is 0 Å². The van der Waals surface area contributed by atoms with Crippen LogP contribution in [0.25, 0.3) is 21.5 Å². The van der Waals surface area contributed by atoms with Crippen LogP contribution in [-0.2, 0) is 4.79 Å². The molecule has 162 valence electrons. The minimum atomic E-state index is -0.662. The van der Waals surface area contributed by atoms with E-state index in [1.165, 1.54) is 16.0 Å². The molecule has 9 nitrogen and oxygen atoms in total. The van der Waals surface area contributed by atoms with E-state index >= 15 is 0 Å². The summed E-state index contributed by atoms with van der Waals surface area (Å²) in [4.78, 5) is 46.7. The highest BCUT2D eigenvalue weighted by Crippen LogP contribution is 2.27. The lowest BCUT2D eigenvalue weighted by atomic mass is 10.2. The van der Waals surface area contributed by atoms with Gasteiger partial charge in [-0.1, -0.05) is 24.8 Å². The topological polar surface area (TPSA) is 119 Å². The highest BCUT2D eigenvalue weighted by Gasteiger charge is 2.23. The number of benzene rings is 1. The first-order valence-electron chi connectivity index (χ1n) is 9.77. The maximum absolute atomic E-state index is 13.0.